The molecule has 1 aliphatic rings. The maximum atomic E-state index is 14.3. The van der Waals surface area contributed by atoms with Crippen LogP contribution >= 0.6 is 0 Å². The van der Waals surface area contributed by atoms with Gasteiger partial charge in [0.1, 0.15) is 6.04 Å². The number of aromatic nitrogens is 1. The van der Waals surface area contributed by atoms with Crippen LogP contribution in [0, 0.1) is 11.8 Å². The summed E-state index contributed by atoms with van der Waals surface area (Å²) in [6, 6.07) is 16.9. The van der Waals surface area contributed by atoms with Crippen molar-refractivity contribution in [2.45, 2.75) is 70.2 Å². The zero-order valence-corrected chi connectivity index (χ0v) is 30.7. The molecule has 13 nitrogen and oxygen atoms in total. The number of ether oxygens (including phenoxy) is 1. The quantitative estimate of drug-likeness (QED) is 0.101. The number of methoxy groups -OCH3 is 1. The van der Waals surface area contributed by atoms with Crippen molar-refractivity contribution < 1.29 is 33.1 Å². The Balaban J connectivity index is 1.58. The smallest absolute Gasteiger partial charge is 0.321 e. The summed E-state index contributed by atoms with van der Waals surface area (Å²) in [7, 11) is -2.53. The largest absolute Gasteiger partial charge is 0.481 e. The molecule has 4 atom stereocenters. The second-order valence-electron chi connectivity index (χ2n) is 13.3. The number of urea groups is 1. The molecule has 1 aromatic heterocycles. The van der Waals surface area contributed by atoms with Crippen LogP contribution in [0.25, 0.3) is 0 Å². The molecule has 3 amide bonds. The first-order valence-corrected chi connectivity index (χ1v) is 18.7. The Bertz CT molecular complexity index is 1710. The highest BCUT2D eigenvalue weighted by atomic mass is 32.2. The molecule has 0 bridgehead atoms. The molecule has 2 aromatic carbocycles. The number of amides is 3. The topological polar surface area (TPSA) is 165 Å². The Morgan fingerprint density at radius 3 is 2.33 bits per heavy atom. The number of nitrogens with zero attached hydrogens (tertiary/aromatic N) is 5. The molecule has 0 aliphatic carbocycles. The van der Waals surface area contributed by atoms with Gasteiger partial charge >= 0.3 is 6.03 Å². The minimum atomic E-state index is -4.06. The first kappa shape index (κ1) is 39.3. The second-order valence-corrected chi connectivity index (χ2v) is 15.3. The second kappa shape index (κ2) is 18.1. The fourth-order valence-corrected chi connectivity index (χ4v) is 7.78. The van der Waals surface area contributed by atoms with Crippen LogP contribution in [0.4, 0.5) is 4.79 Å². The van der Waals surface area contributed by atoms with Gasteiger partial charge in [-0.2, -0.15) is 4.31 Å². The van der Waals surface area contributed by atoms with Crippen molar-refractivity contribution in [3.8, 4) is 5.88 Å². The lowest BCUT2D eigenvalue weighted by Crippen LogP contribution is -2.57. The van der Waals surface area contributed by atoms with E-state index >= 15 is 0 Å². The molecule has 51 heavy (non-hydrogen) atoms. The number of carbonyl (C=O) groups is 2. The highest BCUT2D eigenvalue weighted by Crippen LogP contribution is 2.24. The molecule has 4 rings (SSSR count). The molecule has 1 aliphatic heterocycles. The van der Waals surface area contributed by atoms with E-state index < -0.39 is 34.1 Å². The molecular weight excluding hydrogens is 673 g/mol. The van der Waals surface area contributed by atoms with E-state index in [9.17, 15) is 23.1 Å². The zero-order chi connectivity index (χ0) is 37.1. The van der Waals surface area contributed by atoms with Crippen molar-refractivity contribution in [2.24, 2.45) is 17.0 Å². The number of hydrogen-bond acceptors (Lipinski definition) is 9. The molecule has 3 N–H and O–H groups in total. The Kier molecular flexibility index (Phi) is 13.9. The van der Waals surface area contributed by atoms with Gasteiger partial charge in [0.2, 0.25) is 21.8 Å². The van der Waals surface area contributed by atoms with Gasteiger partial charge in [-0.05, 0) is 47.1 Å². The van der Waals surface area contributed by atoms with E-state index in [4.69, 9.17) is 9.94 Å². The number of pyridine rings is 1. The molecule has 1 saturated heterocycles. The summed E-state index contributed by atoms with van der Waals surface area (Å²) in [6.07, 6.45) is 2.42. The summed E-state index contributed by atoms with van der Waals surface area (Å²) in [5.41, 5.74) is 2.20. The van der Waals surface area contributed by atoms with Crippen LogP contribution in [0.2, 0.25) is 0 Å². The number of aliphatic hydroxyl groups excluding tert-OH is 1. The minimum absolute atomic E-state index is 0.0217. The number of rotatable bonds is 18. The molecule has 14 heteroatoms. The van der Waals surface area contributed by atoms with Gasteiger partial charge < -0.3 is 30.2 Å². The third-order valence-electron chi connectivity index (χ3n) is 9.07. The van der Waals surface area contributed by atoms with Crippen molar-refractivity contribution in [2.75, 3.05) is 33.3 Å². The van der Waals surface area contributed by atoms with Gasteiger partial charge in [0.15, 0.2) is 0 Å². The normalized spacial score (nSPS) is 16.1. The monoisotopic (exact) mass is 722 g/mol. The summed E-state index contributed by atoms with van der Waals surface area (Å²) in [5, 5.41) is 26.7. The van der Waals surface area contributed by atoms with E-state index in [2.05, 4.69) is 15.5 Å². The van der Waals surface area contributed by atoms with Crippen LogP contribution in [-0.4, -0.2) is 107 Å². The summed E-state index contributed by atoms with van der Waals surface area (Å²) in [6.45, 7) is 8.60. The highest BCUT2D eigenvalue weighted by molar-refractivity contribution is 7.89. The van der Waals surface area contributed by atoms with E-state index in [1.165, 1.54) is 41.9 Å². The molecule has 0 unspecified atom stereocenters. The first-order chi connectivity index (χ1) is 24.4. The number of sulfonamides is 1. The molecule has 0 spiro atoms. The van der Waals surface area contributed by atoms with Crippen LogP contribution in [0.3, 0.4) is 0 Å². The zero-order valence-electron chi connectivity index (χ0n) is 29.9. The number of oxime groups is 1. The molecular formula is C37H50N6O7S. The Labute approximate surface area is 301 Å². The lowest BCUT2D eigenvalue weighted by Gasteiger charge is -2.35. The maximum Gasteiger partial charge on any atom is 0.321 e. The van der Waals surface area contributed by atoms with Crippen LogP contribution in [0.5, 0.6) is 5.88 Å². The lowest BCUT2D eigenvalue weighted by atomic mass is 9.95. The van der Waals surface area contributed by atoms with Gasteiger partial charge in [0.25, 0.3) is 0 Å². The maximum absolute atomic E-state index is 14.3. The third-order valence-corrected chi connectivity index (χ3v) is 10.9. The van der Waals surface area contributed by atoms with E-state index in [-0.39, 0.29) is 42.3 Å². The lowest BCUT2D eigenvalue weighted by molar-refractivity contribution is -0.128. The summed E-state index contributed by atoms with van der Waals surface area (Å²) >= 11 is 0. The van der Waals surface area contributed by atoms with Gasteiger partial charge in [-0.25, -0.2) is 18.2 Å². The Morgan fingerprint density at radius 1 is 1.04 bits per heavy atom. The summed E-state index contributed by atoms with van der Waals surface area (Å²) < 4.78 is 34.2. The standard InChI is InChI=1S/C37H50N6O7S/c1-6-27(4)35(43-19-18-41(37(43)46)24-30-14-17-34(50-5)38-21-30)36(45)40-32(20-28-10-8-7-9-11-28)33(44)25-42(23-26(2)3)51(48,49)31-15-12-29(13-16-31)22-39-47/h7-17,21-22,26-27,32-33,35,44,47H,6,18-20,23-25H2,1-5H3,(H,40,45)/t27-,32-,33+,35-/m0/s1. The first-order valence-electron chi connectivity index (χ1n) is 17.2. The van der Waals surface area contributed by atoms with Crippen LogP contribution < -0.4 is 10.1 Å². The molecule has 3 aromatic rings. The molecule has 276 valence electrons. The Morgan fingerprint density at radius 2 is 1.75 bits per heavy atom. The van der Waals surface area contributed by atoms with Gasteiger partial charge in [0, 0.05) is 45.0 Å². The number of benzene rings is 2. The molecule has 0 saturated carbocycles. The van der Waals surface area contributed by atoms with Gasteiger partial charge in [-0.1, -0.05) is 87.8 Å². The SMILES string of the molecule is CC[C@H](C)[C@@H](C(=O)N[C@@H](Cc1ccccc1)[C@H](O)CN(CC(C)C)S(=O)(=O)c1ccc(C=NO)cc1)N1CCN(Cc2ccc(OC)nc2)C1=O. The highest BCUT2D eigenvalue weighted by Gasteiger charge is 2.41. The van der Waals surface area contributed by atoms with Crippen LogP contribution in [0.15, 0.2) is 83.0 Å². The summed E-state index contributed by atoms with van der Waals surface area (Å²) in [5.74, 6) is -0.211. The number of aliphatic hydroxyl groups is 1. The number of carbonyl (C=O) groups excluding carboxylic acids is 2. The third kappa shape index (κ3) is 10.3. The fraction of sp³-hybridized carbons (Fsp3) is 0.459. The average molecular weight is 723 g/mol. The number of nitrogens with one attached hydrogen (secondary N) is 1. The molecule has 2 heterocycles. The minimum Gasteiger partial charge on any atom is -0.481 e. The average Bonchev–Trinajstić information content (AvgIpc) is 3.46. The van der Waals surface area contributed by atoms with Crippen molar-refractivity contribution in [3.05, 3.63) is 89.6 Å². The van der Waals surface area contributed by atoms with E-state index in [1.807, 2.05) is 64.1 Å². The van der Waals surface area contributed by atoms with Crippen molar-refractivity contribution in [1.82, 2.24) is 24.4 Å². The van der Waals surface area contributed by atoms with Crippen LogP contribution in [0.1, 0.15) is 50.8 Å². The van der Waals surface area contributed by atoms with E-state index in [0.717, 1.165) is 11.1 Å². The van der Waals surface area contributed by atoms with Crippen molar-refractivity contribution >= 4 is 28.2 Å². The predicted molar refractivity (Wildman–Crippen MR) is 194 cm³/mol. The van der Waals surface area contributed by atoms with Crippen molar-refractivity contribution in [3.63, 3.8) is 0 Å². The van der Waals surface area contributed by atoms with E-state index in [0.29, 0.717) is 37.5 Å². The van der Waals surface area contributed by atoms with Gasteiger partial charge in [0.05, 0.1) is 30.4 Å². The molecule has 0 radical (unpaired) electrons. The molecule has 1 fully saturated rings. The van der Waals surface area contributed by atoms with Crippen molar-refractivity contribution in [1.29, 1.82) is 0 Å². The summed E-state index contributed by atoms with van der Waals surface area (Å²) in [4.78, 5) is 35.5. The van der Waals surface area contributed by atoms with Gasteiger partial charge in [-0.3, -0.25) is 4.79 Å². The van der Waals surface area contributed by atoms with E-state index in [1.54, 1.807) is 22.1 Å². The number of hydrogen-bond donors (Lipinski definition) is 3. The van der Waals surface area contributed by atoms with Gasteiger partial charge in [-0.15, -0.1) is 0 Å². The van der Waals surface area contributed by atoms with Crippen LogP contribution in [-0.2, 0) is 27.8 Å². The fourth-order valence-electron chi connectivity index (χ4n) is 6.16. The Hall–Kier alpha value is -4.53. The predicted octanol–water partition coefficient (Wildman–Crippen LogP) is 3.99.